The average molecular weight is 552 g/mol. The second-order valence-electron chi connectivity index (χ2n) is 12.2. The van der Waals surface area contributed by atoms with Crippen molar-refractivity contribution in [1.82, 2.24) is 20.4 Å². The van der Waals surface area contributed by atoms with E-state index in [1.807, 2.05) is 25.7 Å². The molecule has 2 amide bonds. The summed E-state index contributed by atoms with van der Waals surface area (Å²) in [4.78, 5) is 39.2. The van der Waals surface area contributed by atoms with E-state index in [1.165, 1.54) is 4.68 Å². The first-order valence-electron chi connectivity index (χ1n) is 13.6. The standard InChI is InChI=1S/C26H38ClN5O6/c1-25(2,3)38-24(35)30-17-12-26(13-17)10-16(11-26)29-23(34)37-18-7-8-31(15-18)19-14-28-32(22(33)21(19)27)20-6-4-5-9-36-20/h14,16-18,20H,4-13,15H2,1-3H3,(H,29,34)(H,30,35)/t16?,17?,18-,20?,26?/m1/s1. The zero-order valence-electron chi connectivity index (χ0n) is 22.3. The number of carbonyl (C=O) groups excluding carboxylic acids is 2. The lowest BCUT2D eigenvalue weighted by molar-refractivity contribution is -0.0424. The number of amides is 2. The van der Waals surface area contributed by atoms with Crippen molar-refractivity contribution in [2.75, 3.05) is 24.6 Å². The molecule has 2 saturated heterocycles. The molecular weight excluding hydrogens is 514 g/mol. The van der Waals surface area contributed by atoms with Crippen molar-refractivity contribution in [3.8, 4) is 0 Å². The predicted molar refractivity (Wildman–Crippen MR) is 140 cm³/mol. The van der Waals surface area contributed by atoms with Crippen LogP contribution in [0.3, 0.4) is 0 Å². The van der Waals surface area contributed by atoms with E-state index in [1.54, 1.807) is 6.20 Å². The van der Waals surface area contributed by atoms with Crippen molar-refractivity contribution in [3.05, 3.63) is 21.6 Å². The van der Waals surface area contributed by atoms with Gasteiger partial charge in [-0.05, 0) is 71.1 Å². The van der Waals surface area contributed by atoms with Gasteiger partial charge in [0.1, 0.15) is 16.7 Å². The molecule has 2 saturated carbocycles. The lowest BCUT2D eigenvalue weighted by Crippen LogP contribution is -2.61. The van der Waals surface area contributed by atoms with Gasteiger partial charge >= 0.3 is 12.2 Å². The van der Waals surface area contributed by atoms with E-state index in [0.29, 0.717) is 31.8 Å². The van der Waals surface area contributed by atoms with Crippen molar-refractivity contribution in [1.29, 1.82) is 0 Å². The molecule has 5 rings (SSSR count). The number of rotatable bonds is 5. The Labute approximate surface area is 227 Å². The van der Waals surface area contributed by atoms with Crippen LogP contribution < -0.4 is 21.1 Å². The van der Waals surface area contributed by atoms with Crippen LogP contribution in [0, 0.1) is 5.41 Å². The molecule has 38 heavy (non-hydrogen) atoms. The van der Waals surface area contributed by atoms with E-state index in [0.717, 1.165) is 44.9 Å². The summed E-state index contributed by atoms with van der Waals surface area (Å²) >= 11 is 6.44. The quantitative estimate of drug-likeness (QED) is 0.567. The van der Waals surface area contributed by atoms with Gasteiger partial charge in [-0.1, -0.05) is 11.6 Å². The van der Waals surface area contributed by atoms with Crippen LogP contribution in [0.2, 0.25) is 5.02 Å². The van der Waals surface area contributed by atoms with Gasteiger partial charge in [-0.3, -0.25) is 4.79 Å². The monoisotopic (exact) mass is 551 g/mol. The number of nitrogens with one attached hydrogen (secondary N) is 2. The van der Waals surface area contributed by atoms with E-state index >= 15 is 0 Å². The van der Waals surface area contributed by atoms with Gasteiger partial charge < -0.3 is 29.7 Å². The molecule has 12 heteroatoms. The smallest absolute Gasteiger partial charge is 0.407 e. The summed E-state index contributed by atoms with van der Waals surface area (Å²) in [6, 6.07) is 0.205. The number of ether oxygens (including phenoxy) is 3. The first-order valence-corrected chi connectivity index (χ1v) is 14.0. The topological polar surface area (TPSA) is 124 Å². The molecule has 0 radical (unpaired) electrons. The number of aromatic nitrogens is 2. The maximum atomic E-state index is 12.8. The van der Waals surface area contributed by atoms with Crippen LogP contribution >= 0.6 is 11.6 Å². The molecule has 1 unspecified atom stereocenters. The lowest BCUT2D eigenvalue weighted by atomic mass is 9.52. The van der Waals surface area contributed by atoms with E-state index in [-0.39, 0.29) is 46.5 Å². The predicted octanol–water partition coefficient (Wildman–Crippen LogP) is 3.74. The number of anilines is 1. The van der Waals surface area contributed by atoms with Crippen molar-refractivity contribution in [3.63, 3.8) is 0 Å². The molecule has 2 aliphatic carbocycles. The molecule has 1 aromatic rings. The van der Waals surface area contributed by atoms with Gasteiger partial charge in [-0.2, -0.15) is 9.78 Å². The highest BCUT2D eigenvalue weighted by atomic mass is 35.5. The van der Waals surface area contributed by atoms with Crippen molar-refractivity contribution >= 4 is 29.5 Å². The summed E-state index contributed by atoms with van der Waals surface area (Å²) in [7, 11) is 0. The van der Waals surface area contributed by atoms with Crippen LogP contribution in [-0.2, 0) is 14.2 Å². The molecule has 2 aliphatic heterocycles. The second kappa shape index (κ2) is 10.6. The minimum absolute atomic E-state index is 0.0794. The van der Waals surface area contributed by atoms with Crippen LogP contribution in [0.25, 0.3) is 0 Å². The fourth-order valence-corrected chi connectivity index (χ4v) is 6.41. The van der Waals surface area contributed by atoms with Gasteiger partial charge in [0, 0.05) is 31.7 Å². The highest BCUT2D eigenvalue weighted by molar-refractivity contribution is 6.33. The van der Waals surface area contributed by atoms with Gasteiger partial charge in [0.05, 0.1) is 18.4 Å². The summed E-state index contributed by atoms with van der Waals surface area (Å²) < 4.78 is 18.0. The fourth-order valence-electron chi connectivity index (χ4n) is 6.16. The number of halogens is 1. The molecular formula is C26H38ClN5O6. The van der Waals surface area contributed by atoms with Crippen molar-refractivity contribution in [2.24, 2.45) is 5.41 Å². The normalized spacial score (nSPS) is 30.8. The third kappa shape index (κ3) is 6.03. The summed E-state index contributed by atoms with van der Waals surface area (Å²) in [5.74, 6) is 0. The lowest BCUT2D eigenvalue weighted by Gasteiger charge is -2.57. The Morgan fingerprint density at radius 2 is 1.79 bits per heavy atom. The molecule has 4 fully saturated rings. The molecule has 0 bridgehead atoms. The van der Waals surface area contributed by atoms with Gasteiger partial charge in [-0.25, -0.2) is 9.59 Å². The zero-order chi connectivity index (χ0) is 27.1. The Bertz CT molecular complexity index is 1100. The molecule has 1 aromatic heterocycles. The number of carbonyl (C=O) groups is 2. The number of hydrogen-bond donors (Lipinski definition) is 2. The Hall–Kier alpha value is -2.53. The van der Waals surface area contributed by atoms with E-state index in [2.05, 4.69) is 15.7 Å². The van der Waals surface area contributed by atoms with Crippen LogP contribution in [0.4, 0.5) is 15.3 Å². The van der Waals surface area contributed by atoms with Crippen LogP contribution in [0.5, 0.6) is 0 Å². The summed E-state index contributed by atoms with van der Waals surface area (Å²) in [5.41, 5.74) is -0.134. The Kier molecular flexibility index (Phi) is 7.52. The number of hydrogen-bond acceptors (Lipinski definition) is 8. The maximum absolute atomic E-state index is 12.8. The minimum atomic E-state index is -0.510. The second-order valence-corrected chi connectivity index (χ2v) is 12.6. The van der Waals surface area contributed by atoms with Gasteiger partial charge in [-0.15, -0.1) is 0 Å². The van der Waals surface area contributed by atoms with E-state index in [4.69, 9.17) is 25.8 Å². The summed E-state index contributed by atoms with van der Waals surface area (Å²) in [5, 5.41) is 10.3. The molecule has 3 heterocycles. The highest BCUT2D eigenvalue weighted by Gasteiger charge is 2.54. The first-order chi connectivity index (χ1) is 18.0. The SMILES string of the molecule is CC(C)(C)OC(=O)NC1CC2(CC(NC(=O)O[C@@H]3CCN(c4cnn(C5CCCCO5)c(=O)c4Cl)C3)C2)C1. The van der Waals surface area contributed by atoms with Gasteiger partial charge in [0.2, 0.25) is 0 Å². The third-order valence-corrected chi connectivity index (χ3v) is 8.23. The molecule has 11 nitrogen and oxygen atoms in total. The number of alkyl carbamates (subject to hydrolysis) is 2. The van der Waals surface area contributed by atoms with Crippen LogP contribution in [0.15, 0.2) is 11.0 Å². The Balaban J connectivity index is 1.04. The minimum Gasteiger partial charge on any atom is -0.444 e. The Morgan fingerprint density at radius 3 is 2.42 bits per heavy atom. The zero-order valence-corrected chi connectivity index (χ0v) is 23.1. The molecule has 2 atom stereocenters. The summed E-state index contributed by atoms with van der Waals surface area (Å²) in [6.45, 7) is 7.21. The van der Waals surface area contributed by atoms with Gasteiger partial charge in [0.25, 0.3) is 5.56 Å². The molecule has 4 aliphatic rings. The third-order valence-electron chi connectivity index (χ3n) is 7.87. The van der Waals surface area contributed by atoms with Gasteiger partial charge in [0.15, 0.2) is 6.23 Å². The van der Waals surface area contributed by atoms with E-state index < -0.39 is 11.7 Å². The first kappa shape index (κ1) is 27.1. The largest absolute Gasteiger partial charge is 0.444 e. The van der Waals surface area contributed by atoms with E-state index in [9.17, 15) is 14.4 Å². The van der Waals surface area contributed by atoms with Crippen LogP contribution in [0.1, 0.15) is 78.4 Å². The van der Waals surface area contributed by atoms with Crippen molar-refractivity contribution in [2.45, 2.75) is 102 Å². The highest BCUT2D eigenvalue weighted by Crippen LogP contribution is 2.56. The molecule has 1 spiro atoms. The molecule has 0 aromatic carbocycles. The van der Waals surface area contributed by atoms with Crippen LogP contribution in [-0.4, -0.2) is 65.5 Å². The summed E-state index contributed by atoms with van der Waals surface area (Å²) in [6.07, 6.45) is 7.04. The Morgan fingerprint density at radius 1 is 1.11 bits per heavy atom. The maximum Gasteiger partial charge on any atom is 0.407 e. The fraction of sp³-hybridized carbons (Fsp3) is 0.769. The molecule has 210 valence electrons. The molecule has 2 N–H and O–H groups in total. The number of nitrogens with zero attached hydrogens (tertiary/aromatic N) is 3. The average Bonchev–Trinajstić information content (AvgIpc) is 3.25. The van der Waals surface area contributed by atoms with Crippen molar-refractivity contribution < 1.29 is 23.8 Å².